The third kappa shape index (κ3) is 3.21. The van der Waals surface area contributed by atoms with Gasteiger partial charge in [0.05, 0.1) is 11.6 Å². The molecule has 1 atom stereocenters. The Labute approximate surface area is 110 Å². The normalized spacial score (nSPS) is 19.0. The van der Waals surface area contributed by atoms with Gasteiger partial charge < -0.3 is 15.3 Å². The van der Waals surface area contributed by atoms with Crippen LogP contribution < -0.4 is 5.32 Å². The molecule has 102 valence electrons. The molecule has 0 radical (unpaired) electrons. The van der Waals surface area contributed by atoms with E-state index in [0.29, 0.717) is 19.4 Å². The summed E-state index contributed by atoms with van der Waals surface area (Å²) in [6.45, 7) is 0.652. The number of piperidine rings is 1. The van der Waals surface area contributed by atoms with Crippen LogP contribution in [-0.4, -0.2) is 35.1 Å². The van der Waals surface area contributed by atoms with E-state index in [4.69, 9.17) is 5.11 Å². The number of hydrogen-bond acceptors (Lipinski definition) is 2. The lowest BCUT2D eigenvalue weighted by Crippen LogP contribution is -2.44. The monoisotopic (exact) mass is 266 g/mol. The molecule has 1 aromatic carbocycles. The van der Waals surface area contributed by atoms with Gasteiger partial charge in [-0.3, -0.25) is 4.79 Å². The number of benzene rings is 1. The van der Waals surface area contributed by atoms with Gasteiger partial charge >= 0.3 is 12.0 Å². The second kappa shape index (κ2) is 5.69. The standard InChI is InChI=1S/C13H15FN2O3/c14-10-5-1-2-6-11(10)15-13(19)16-7-3-4-9(8-16)12(17)18/h1-2,5-6,9H,3-4,7-8H2,(H,15,19)(H,17,18)/t9-/m0/s1. The van der Waals surface area contributed by atoms with Gasteiger partial charge in [-0.15, -0.1) is 0 Å². The summed E-state index contributed by atoms with van der Waals surface area (Å²) >= 11 is 0. The first-order chi connectivity index (χ1) is 9.08. The summed E-state index contributed by atoms with van der Waals surface area (Å²) in [5.74, 6) is -1.95. The molecule has 0 bridgehead atoms. The van der Waals surface area contributed by atoms with Gasteiger partial charge in [-0.25, -0.2) is 9.18 Å². The van der Waals surface area contributed by atoms with E-state index >= 15 is 0 Å². The maximum atomic E-state index is 13.4. The lowest BCUT2D eigenvalue weighted by Gasteiger charge is -2.30. The topological polar surface area (TPSA) is 69.6 Å². The number of likely N-dealkylation sites (tertiary alicyclic amines) is 1. The number of urea groups is 1. The molecule has 5 nitrogen and oxygen atoms in total. The van der Waals surface area contributed by atoms with Gasteiger partial charge in [0, 0.05) is 13.1 Å². The van der Waals surface area contributed by atoms with Crippen molar-refractivity contribution < 1.29 is 19.1 Å². The maximum absolute atomic E-state index is 13.4. The van der Waals surface area contributed by atoms with Crippen molar-refractivity contribution in [1.29, 1.82) is 0 Å². The lowest BCUT2D eigenvalue weighted by atomic mass is 9.99. The molecule has 19 heavy (non-hydrogen) atoms. The number of anilines is 1. The van der Waals surface area contributed by atoms with Crippen LogP contribution >= 0.6 is 0 Å². The van der Waals surface area contributed by atoms with Crippen molar-refractivity contribution in [2.75, 3.05) is 18.4 Å². The molecule has 1 aromatic rings. The van der Waals surface area contributed by atoms with Crippen molar-refractivity contribution in [1.82, 2.24) is 4.90 Å². The highest BCUT2D eigenvalue weighted by Crippen LogP contribution is 2.19. The lowest BCUT2D eigenvalue weighted by molar-refractivity contribution is -0.143. The van der Waals surface area contributed by atoms with Crippen molar-refractivity contribution in [2.24, 2.45) is 5.92 Å². The van der Waals surface area contributed by atoms with Gasteiger partial charge in [0.25, 0.3) is 0 Å². The average Bonchev–Trinajstić information content (AvgIpc) is 2.41. The molecule has 1 fully saturated rings. The van der Waals surface area contributed by atoms with Crippen LogP contribution in [0.4, 0.5) is 14.9 Å². The Morgan fingerprint density at radius 3 is 2.79 bits per heavy atom. The molecule has 6 heteroatoms. The summed E-state index contributed by atoms with van der Waals surface area (Å²) in [5.41, 5.74) is 0.102. The molecule has 1 saturated heterocycles. The van der Waals surface area contributed by atoms with Crippen LogP contribution in [0.15, 0.2) is 24.3 Å². The van der Waals surface area contributed by atoms with Gasteiger partial charge in [-0.2, -0.15) is 0 Å². The first kappa shape index (κ1) is 13.3. The highest BCUT2D eigenvalue weighted by molar-refractivity contribution is 5.89. The number of nitrogens with one attached hydrogen (secondary N) is 1. The number of halogens is 1. The Morgan fingerprint density at radius 1 is 1.37 bits per heavy atom. The average molecular weight is 266 g/mol. The first-order valence-corrected chi connectivity index (χ1v) is 6.11. The van der Waals surface area contributed by atoms with Crippen molar-refractivity contribution in [3.8, 4) is 0 Å². The third-order valence-corrected chi connectivity index (χ3v) is 3.17. The highest BCUT2D eigenvalue weighted by Gasteiger charge is 2.28. The molecule has 0 unspecified atom stereocenters. The maximum Gasteiger partial charge on any atom is 0.321 e. The minimum Gasteiger partial charge on any atom is -0.481 e. The fraction of sp³-hybridized carbons (Fsp3) is 0.385. The SMILES string of the molecule is O=C(O)[C@H]1CCCN(C(=O)Nc2ccccc2F)C1. The molecule has 1 aliphatic heterocycles. The molecule has 2 N–H and O–H groups in total. The van der Waals surface area contributed by atoms with Crippen molar-refractivity contribution in [3.05, 3.63) is 30.1 Å². The molecule has 2 amide bonds. The number of carbonyl (C=O) groups excluding carboxylic acids is 1. The summed E-state index contributed by atoms with van der Waals surface area (Å²) in [4.78, 5) is 24.3. The van der Waals surface area contributed by atoms with Crippen molar-refractivity contribution in [3.63, 3.8) is 0 Å². The minimum absolute atomic E-state index is 0.102. The quantitative estimate of drug-likeness (QED) is 0.861. The molecule has 1 heterocycles. The number of para-hydroxylation sites is 1. The molecule has 2 rings (SSSR count). The Bertz CT molecular complexity index is 493. The number of nitrogens with zero attached hydrogens (tertiary/aromatic N) is 1. The van der Waals surface area contributed by atoms with E-state index in [2.05, 4.69) is 5.32 Å². The van der Waals surface area contributed by atoms with Gasteiger partial charge in [-0.05, 0) is 25.0 Å². The van der Waals surface area contributed by atoms with E-state index in [0.717, 1.165) is 0 Å². The second-order valence-corrected chi connectivity index (χ2v) is 4.53. The first-order valence-electron chi connectivity index (χ1n) is 6.11. The molecule has 1 aliphatic rings. The fourth-order valence-corrected chi connectivity index (χ4v) is 2.12. The van der Waals surface area contributed by atoms with E-state index in [9.17, 15) is 14.0 Å². The Morgan fingerprint density at radius 2 is 2.11 bits per heavy atom. The van der Waals surface area contributed by atoms with Gasteiger partial charge in [0.15, 0.2) is 0 Å². The van der Waals surface area contributed by atoms with Crippen LogP contribution in [0.3, 0.4) is 0 Å². The summed E-state index contributed by atoms with van der Waals surface area (Å²) in [6, 6.07) is 5.41. The van der Waals surface area contributed by atoms with Crippen molar-refractivity contribution in [2.45, 2.75) is 12.8 Å². The van der Waals surface area contributed by atoms with Crippen molar-refractivity contribution >= 4 is 17.7 Å². The predicted molar refractivity (Wildman–Crippen MR) is 67.4 cm³/mol. The zero-order valence-corrected chi connectivity index (χ0v) is 10.3. The summed E-state index contributed by atoms with van der Waals surface area (Å²) in [7, 11) is 0. The van der Waals surface area contributed by atoms with Crippen LogP contribution in [0.25, 0.3) is 0 Å². The van der Waals surface area contributed by atoms with E-state index in [1.807, 2.05) is 0 Å². The van der Waals surface area contributed by atoms with Crippen LogP contribution in [0, 0.1) is 11.7 Å². The summed E-state index contributed by atoms with van der Waals surface area (Å²) in [5, 5.41) is 11.4. The Kier molecular flexibility index (Phi) is 3.99. The number of carboxylic acid groups (broad SMARTS) is 1. The Balaban J connectivity index is 2.00. The van der Waals surface area contributed by atoms with Gasteiger partial charge in [-0.1, -0.05) is 12.1 Å². The summed E-state index contributed by atoms with van der Waals surface area (Å²) < 4.78 is 13.4. The number of carbonyl (C=O) groups is 2. The Hall–Kier alpha value is -2.11. The predicted octanol–water partition coefficient (Wildman–Crippen LogP) is 2.15. The van der Waals surface area contributed by atoms with E-state index < -0.39 is 23.7 Å². The van der Waals surface area contributed by atoms with Crippen LogP contribution in [0.2, 0.25) is 0 Å². The van der Waals surface area contributed by atoms with E-state index in [-0.39, 0.29) is 12.2 Å². The zero-order chi connectivity index (χ0) is 13.8. The van der Waals surface area contributed by atoms with Crippen LogP contribution in [0.5, 0.6) is 0 Å². The number of amides is 2. The number of rotatable bonds is 2. The fourth-order valence-electron chi connectivity index (χ4n) is 2.12. The van der Waals surface area contributed by atoms with Crippen LogP contribution in [-0.2, 0) is 4.79 Å². The van der Waals surface area contributed by atoms with E-state index in [1.165, 1.54) is 23.1 Å². The minimum atomic E-state index is -0.900. The summed E-state index contributed by atoms with van der Waals surface area (Å²) in [6.07, 6.45) is 1.21. The smallest absolute Gasteiger partial charge is 0.321 e. The molecular formula is C13H15FN2O3. The second-order valence-electron chi connectivity index (χ2n) is 4.53. The highest BCUT2D eigenvalue weighted by atomic mass is 19.1. The molecular weight excluding hydrogens is 251 g/mol. The molecule has 0 saturated carbocycles. The number of aliphatic carboxylic acids is 1. The number of carboxylic acids is 1. The largest absolute Gasteiger partial charge is 0.481 e. The zero-order valence-electron chi connectivity index (χ0n) is 10.3. The van der Waals surface area contributed by atoms with Gasteiger partial charge in [0.1, 0.15) is 5.82 Å². The molecule has 0 aromatic heterocycles. The van der Waals surface area contributed by atoms with E-state index in [1.54, 1.807) is 6.07 Å². The van der Waals surface area contributed by atoms with Crippen LogP contribution in [0.1, 0.15) is 12.8 Å². The van der Waals surface area contributed by atoms with Gasteiger partial charge in [0.2, 0.25) is 0 Å². The molecule has 0 aliphatic carbocycles. The third-order valence-electron chi connectivity index (χ3n) is 3.17. The number of hydrogen-bond donors (Lipinski definition) is 2. The molecule has 0 spiro atoms.